The lowest BCUT2D eigenvalue weighted by molar-refractivity contribution is -0.167. The number of carbonyl (C=O) groups is 3. The van der Waals surface area contributed by atoms with Gasteiger partial charge in [-0.1, -0.05) is 232 Å². The molecule has 0 aliphatic carbocycles. The maximum atomic E-state index is 12.9. The van der Waals surface area contributed by atoms with E-state index in [1.165, 1.54) is 64.2 Å². The highest BCUT2D eigenvalue weighted by Crippen LogP contribution is 2.14. The van der Waals surface area contributed by atoms with Crippen molar-refractivity contribution in [1.29, 1.82) is 0 Å². The maximum Gasteiger partial charge on any atom is 0.306 e. The van der Waals surface area contributed by atoms with Gasteiger partial charge in [0.1, 0.15) is 13.2 Å². The second-order valence-corrected chi connectivity index (χ2v) is 18.2. The summed E-state index contributed by atoms with van der Waals surface area (Å²) in [7, 11) is 0. The van der Waals surface area contributed by atoms with Gasteiger partial charge in [-0.25, -0.2) is 0 Å². The fourth-order valence-corrected chi connectivity index (χ4v) is 7.36. The molecule has 1 atom stereocenters. The molecule has 390 valence electrons. The van der Waals surface area contributed by atoms with Gasteiger partial charge in [-0.15, -0.1) is 0 Å². The molecule has 0 N–H and O–H groups in total. The van der Waals surface area contributed by atoms with E-state index in [2.05, 4.69) is 124 Å². The van der Waals surface area contributed by atoms with Crippen LogP contribution in [0.2, 0.25) is 0 Å². The third kappa shape index (κ3) is 54.6. The van der Waals surface area contributed by atoms with Crippen LogP contribution in [0.1, 0.15) is 239 Å². The van der Waals surface area contributed by atoms with Gasteiger partial charge in [-0.2, -0.15) is 0 Å². The fraction of sp³-hybridized carbons (Fsp3) is 0.635. The summed E-state index contributed by atoms with van der Waals surface area (Å²) >= 11 is 0. The van der Waals surface area contributed by atoms with Gasteiger partial charge in [0.25, 0.3) is 0 Å². The number of hydrogen-bond acceptors (Lipinski definition) is 6. The highest BCUT2D eigenvalue weighted by Gasteiger charge is 2.19. The average Bonchev–Trinajstić information content (AvgIpc) is 3.35. The van der Waals surface area contributed by atoms with E-state index in [1.54, 1.807) is 0 Å². The molecule has 1 unspecified atom stereocenters. The summed E-state index contributed by atoms with van der Waals surface area (Å²) in [6.07, 6.45) is 77.5. The van der Waals surface area contributed by atoms with Gasteiger partial charge in [0.05, 0.1) is 0 Å². The molecule has 0 saturated heterocycles. The van der Waals surface area contributed by atoms with Crippen LogP contribution < -0.4 is 0 Å². The summed E-state index contributed by atoms with van der Waals surface area (Å²) in [5.74, 6) is -0.946. The lowest BCUT2D eigenvalue weighted by atomic mass is 10.1. The van der Waals surface area contributed by atoms with E-state index in [0.29, 0.717) is 19.3 Å². The van der Waals surface area contributed by atoms with Crippen molar-refractivity contribution < 1.29 is 28.6 Å². The second-order valence-electron chi connectivity index (χ2n) is 18.2. The lowest BCUT2D eigenvalue weighted by Crippen LogP contribution is -2.30. The van der Waals surface area contributed by atoms with Crippen molar-refractivity contribution in [3.8, 4) is 0 Å². The minimum atomic E-state index is -0.803. The zero-order chi connectivity index (χ0) is 50.0. The number of allylic oxidation sites excluding steroid dienone is 20. The van der Waals surface area contributed by atoms with Crippen LogP contribution in [0.4, 0.5) is 0 Å². The van der Waals surface area contributed by atoms with E-state index in [0.717, 1.165) is 135 Å². The molecule has 0 aromatic rings. The van der Waals surface area contributed by atoms with Gasteiger partial charge in [0, 0.05) is 19.3 Å². The van der Waals surface area contributed by atoms with Crippen LogP contribution in [0.3, 0.4) is 0 Å². The molecule has 0 aliphatic rings. The molecule has 0 amide bonds. The summed E-state index contributed by atoms with van der Waals surface area (Å²) in [6, 6.07) is 0. The number of hydrogen-bond donors (Lipinski definition) is 0. The molecular formula is C63H102O6. The van der Waals surface area contributed by atoms with E-state index in [9.17, 15) is 14.4 Å². The van der Waals surface area contributed by atoms with Crippen molar-refractivity contribution in [2.24, 2.45) is 0 Å². The molecule has 0 heterocycles. The molecule has 0 fully saturated rings. The third-order valence-corrected chi connectivity index (χ3v) is 11.5. The smallest absolute Gasteiger partial charge is 0.306 e. The predicted octanol–water partition coefficient (Wildman–Crippen LogP) is 18.9. The van der Waals surface area contributed by atoms with Gasteiger partial charge in [-0.05, 0) is 109 Å². The van der Waals surface area contributed by atoms with E-state index in [-0.39, 0.29) is 31.1 Å². The van der Waals surface area contributed by atoms with Crippen LogP contribution in [-0.4, -0.2) is 37.2 Å². The SMILES string of the molecule is CC\C=C/C=C\C=C/C=C\CCCCCCCC(=O)OCC(COC(=O)CCCCCCCC/C=C\C/C=C\C/C=C\C/C=C\CC)OC(=O)CCCCCCCCC/C=C\C/C=C\CCCCC. The quantitative estimate of drug-likeness (QED) is 0.0199. The average molecular weight is 956 g/mol. The number of ether oxygens (including phenoxy) is 3. The van der Waals surface area contributed by atoms with Crippen molar-refractivity contribution in [3.05, 3.63) is 122 Å². The molecule has 0 bridgehead atoms. The van der Waals surface area contributed by atoms with Crippen LogP contribution in [0.5, 0.6) is 0 Å². The molecule has 6 heteroatoms. The highest BCUT2D eigenvalue weighted by atomic mass is 16.6. The Labute approximate surface area is 424 Å². The number of carbonyl (C=O) groups excluding carboxylic acids is 3. The Hall–Kier alpha value is -4.19. The summed E-state index contributed by atoms with van der Waals surface area (Å²) in [5, 5.41) is 0. The Balaban J connectivity index is 4.48. The minimum Gasteiger partial charge on any atom is -0.462 e. The lowest BCUT2D eigenvalue weighted by Gasteiger charge is -2.18. The fourth-order valence-electron chi connectivity index (χ4n) is 7.36. The van der Waals surface area contributed by atoms with Crippen molar-refractivity contribution in [3.63, 3.8) is 0 Å². The zero-order valence-corrected chi connectivity index (χ0v) is 44.5. The Morgan fingerprint density at radius 1 is 0.319 bits per heavy atom. The normalized spacial score (nSPS) is 13.0. The van der Waals surface area contributed by atoms with E-state index in [1.807, 2.05) is 18.2 Å². The van der Waals surface area contributed by atoms with Gasteiger partial charge in [0.2, 0.25) is 0 Å². The molecular weight excluding hydrogens is 853 g/mol. The molecule has 6 nitrogen and oxygen atoms in total. The van der Waals surface area contributed by atoms with Crippen LogP contribution in [0.15, 0.2) is 122 Å². The molecule has 69 heavy (non-hydrogen) atoms. The van der Waals surface area contributed by atoms with Crippen molar-refractivity contribution >= 4 is 17.9 Å². The third-order valence-electron chi connectivity index (χ3n) is 11.5. The van der Waals surface area contributed by atoms with E-state index < -0.39 is 6.10 Å². The summed E-state index contributed by atoms with van der Waals surface area (Å²) in [5.41, 5.74) is 0. The highest BCUT2D eigenvalue weighted by molar-refractivity contribution is 5.71. The molecule has 0 saturated carbocycles. The number of unbranched alkanes of at least 4 members (excludes halogenated alkanes) is 21. The minimum absolute atomic E-state index is 0.0999. The molecule has 0 radical (unpaired) electrons. The maximum absolute atomic E-state index is 12.9. The standard InChI is InChI=1S/C63H102O6/c1-4-7-10-13-16-19-22-25-28-30-31-33-35-38-41-44-47-50-53-56-62(65)68-59-60(58-67-61(64)55-52-49-46-43-40-37-34-27-24-21-18-15-12-9-6-3)69-63(66)57-54-51-48-45-42-39-36-32-29-26-23-20-17-14-11-8-5-2/h7,9-10,12,15-21,24-29,31,33-34,60H,4-6,8,11,13-14,22-23,30,32,35-59H2,1-3H3/b10-7-,12-9-,18-15-,19-16-,20-17-,24-21-,28-25-,29-26-,33-31-,34-27-. The van der Waals surface area contributed by atoms with Gasteiger partial charge in [-0.3, -0.25) is 14.4 Å². The topological polar surface area (TPSA) is 78.9 Å². The monoisotopic (exact) mass is 955 g/mol. The Bertz CT molecular complexity index is 1470. The Morgan fingerprint density at radius 2 is 0.638 bits per heavy atom. The molecule has 0 aromatic carbocycles. The molecule has 0 aliphatic heterocycles. The Morgan fingerprint density at radius 3 is 1.06 bits per heavy atom. The Kier molecular flexibility index (Phi) is 53.0. The second kappa shape index (κ2) is 56.4. The van der Waals surface area contributed by atoms with Crippen molar-refractivity contribution in [2.45, 2.75) is 245 Å². The van der Waals surface area contributed by atoms with Crippen molar-refractivity contribution in [2.75, 3.05) is 13.2 Å². The largest absolute Gasteiger partial charge is 0.462 e. The van der Waals surface area contributed by atoms with Crippen LogP contribution in [0.25, 0.3) is 0 Å². The summed E-state index contributed by atoms with van der Waals surface area (Å²) in [6.45, 7) is 6.32. The summed E-state index contributed by atoms with van der Waals surface area (Å²) in [4.78, 5) is 38.2. The van der Waals surface area contributed by atoms with Crippen LogP contribution in [0, 0.1) is 0 Å². The first-order valence-corrected chi connectivity index (χ1v) is 28.1. The first-order chi connectivity index (χ1) is 34.0. The first kappa shape index (κ1) is 64.8. The van der Waals surface area contributed by atoms with Crippen LogP contribution in [-0.2, 0) is 28.6 Å². The van der Waals surface area contributed by atoms with Gasteiger partial charge >= 0.3 is 17.9 Å². The zero-order valence-electron chi connectivity index (χ0n) is 44.5. The predicted molar refractivity (Wildman–Crippen MR) is 297 cm³/mol. The summed E-state index contributed by atoms with van der Waals surface area (Å²) < 4.78 is 16.8. The molecule has 0 rings (SSSR count). The number of rotatable bonds is 49. The van der Waals surface area contributed by atoms with E-state index >= 15 is 0 Å². The molecule has 0 spiro atoms. The van der Waals surface area contributed by atoms with Gasteiger partial charge < -0.3 is 14.2 Å². The molecule has 0 aromatic heterocycles. The first-order valence-electron chi connectivity index (χ1n) is 28.1. The van der Waals surface area contributed by atoms with E-state index in [4.69, 9.17) is 14.2 Å². The van der Waals surface area contributed by atoms with Gasteiger partial charge in [0.15, 0.2) is 6.10 Å². The van der Waals surface area contributed by atoms with Crippen molar-refractivity contribution in [1.82, 2.24) is 0 Å². The van der Waals surface area contributed by atoms with Crippen LogP contribution >= 0.6 is 0 Å². The number of esters is 3.